The molecule has 0 radical (unpaired) electrons. The van der Waals surface area contributed by atoms with Crippen LogP contribution in [0.25, 0.3) is 0 Å². The first kappa shape index (κ1) is 19.5. The van der Waals surface area contributed by atoms with Crippen LogP contribution < -0.4 is 20.1 Å². The predicted octanol–water partition coefficient (Wildman–Crippen LogP) is 4.77. The molecule has 0 aliphatic heterocycles. The minimum atomic E-state index is 0.611. The Kier molecular flexibility index (Phi) is 5.99. The topological polar surface area (TPSA) is 68.3 Å². The molecule has 0 bridgehead atoms. The highest BCUT2D eigenvalue weighted by Gasteiger charge is 2.08. The third-order valence-electron chi connectivity index (χ3n) is 4.49. The summed E-state index contributed by atoms with van der Waals surface area (Å²) in [6.07, 6.45) is 0. The molecule has 0 unspecified atom stereocenters. The fourth-order valence-electron chi connectivity index (χ4n) is 3.05. The first-order chi connectivity index (χ1) is 13.5. The van der Waals surface area contributed by atoms with Crippen molar-refractivity contribution in [1.29, 1.82) is 0 Å². The highest BCUT2D eigenvalue weighted by molar-refractivity contribution is 5.66. The van der Waals surface area contributed by atoms with Crippen molar-refractivity contribution < 1.29 is 9.47 Å². The zero-order chi connectivity index (χ0) is 20.1. The molecule has 1 heterocycles. The van der Waals surface area contributed by atoms with Crippen LogP contribution in [0.3, 0.4) is 0 Å². The van der Waals surface area contributed by atoms with Crippen LogP contribution in [-0.2, 0) is 6.54 Å². The number of anilines is 3. The normalized spacial score (nSPS) is 10.5. The quantitative estimate of drug-likeness (QED) is 0.617. The van der Waals surface area contributed by atoms with Crippen LogP contribution in [0.4, 0.5) is 17.3 Å². The highest BCUT2D eigenvalue weighted by Crippen LogP contribution is 2.28. The van der Waals surface area contributed by atoms with E-state index in [1.54, 1.807) is 14.2 Å². The SMILES string of the molecule is COc1ccc(CNc2cc(Nc3c(C)cccc3C)nc(C)n2)cc1OC. The number of benzene rings is 2. The van der Waals surface area contributed by atoms with Gasteiger partial charge in [0.25, 0.3) is 0 Å². The zero-order valence-electron chi connectivity index (χ0n) is 17.0. The molecule has 0 amide bonds. The van der Waals surface area contributed by atoms with Gasteiger partial charge in [0, 0.05) is 18.3 Å². The molecule has 6 heteroatoms. The van der Waals surface area contributed by atoms with Crippen LogP contribution in [0, 0.1) is 20.8 Å². The number of aryl methyl sites for hydroxylation is 3. The average molecular weight is 378 g/mol. The summed E-state index contributed by atoms with van der Waals surface area (Å²) in [5, 5.41) is 6.78. The second-order valence-electron chi connectivity index (χ2n) is 6.62. The minimum absolute atomic E-state index is 0.611. The molecule has 1 aromatic heterocycles. The summed E-state index contributed by atoms with van der Waals surface area (Å²) in [5.74, 6) is 3.64. The molecular weight excluding hydrogens is 352 g/mol. The molecule has 28 heavy (non-hydrogen) atoms. The van der Waals surface area contributed by atoms with Gasteiger partial charge in [-0.1, -0.05) is 24.3 Å². The Labute approximate surface area is 166 Å². The molecule has 6 nitrogen and oxygen atoms in total. The predicted molar refractivity (Wildman–Crippen MR) is 113 cm³/mol. The molecule has 0 spiro atoms. The molecule has 2 aromatic carbocycles. The fraction of sp³-hybridized carbons (Fsp3) is 0.273. The van der Waals surface area contributed by atoms with Crippen LogP contribution in [0.1, 0.15) is 22.5 Å². The van der Waals surface area contributed by atoms with E-state index in [0.29, 0.717) is 23.9 Å². The number of ether oxygens (including phenoxy) is 2. The molecule has 0 atom stereocenters. The number of methoxy groups -OCH3 is 2. The van der Waals surface area contributed by atoms with Gasteiger partial charge >= 0.3 is 0 Å². The van der Waals surface area contributed by atoms with E-state index in [1.807, 2.05) is 31.2 Å². The molecule has 0 aliphatic carbocycles. The summed E-state index contributed by atoms with van der Waals surface area (Å²) >= 11 is 0. The second kappa shape index (κ2) is 8.61. The van der Waals surface area contributed by atoms with Gasteiger partial charge in [0.05, 0.1) is 14.2 Å². The Hall–Kier alpha value is -3.28. The first-order valence-corrected chi connectivity index (χ1v) is 9.14. The molecule has 0 saturated heterocycles. The molecule has 3 rings (SSSR count). The Morgan fingerprint density at radius 1 is 0.821 bits per heavy atom. The maximum atomic E-state index is 5.37. The lowest BCUT2D eigenvalue weighted by Gasteiger charge is -2.14. The zero-order valence-corrected chi connectivity index (χ0v) is 17.0. The van der Waals surface area contributed by atoms with Gasteiger partial charge in [-0.3, -0.25) is 0 Å². The van der Waals surface area contributed by atoms with Crippen LogP contribution in [-0.4, -0.2) is 24.2 Å². The molecule has 146 valence electrons. The van der Waals surface area contributed by atoms with Crippen molar-refractivity contribution in [1.82, 2.24) is 9.97 Å². The van der Waals surface area contributed by atoms with Crippen molar-refractivity contribution in [3.05, 3.63) is 65.0 Å². The summed E-state index contributed by atoms with van der Waals surface area (Å²) in [6.45, 7) is 6.66. The average Bonchev–Trinajstić information content (AvgIpc) is 2.68. The molecule has 3 aromatic rings. The summed E-state index contributed by atoms with van der Waals surface area (Å²) in [7, 11) is 3.26. The van der Waals surface area contributed by atoms with Crippen LogP contribution in [0.2, 0.25) is 0 Å². The summed E-state index contributed by atoms with van der Waals surface area (Å²) in [6, 6.07) is 14.0. The lowest BCUT2D eigenvalue weighted by atomic mass is 10.1. The van der Waals surface area contributed by atoms with Gasteiger partial charge in [0.15, 0.2) is 11.5 Å². The largest absolute Gasteiger partial charge is 0.493 e. The van der Waals surface area contributed by atoms with E-state index in [2.05, 4.69) is 52.6 Å². The second-order valence-corrected chi connectivity index (χ2v) is 6.62. The standard InChI is InChI=1S/C22H26N4O2/c1-14-7-6-8-15(2)22(14)26-21-12-20(24-16(3)25-21)23-13-17-9-10-18(27-4)19(11-17)28-5/h6-12H,13H2,1-5H3,(H2,23,24,25,26). The minimum Gasteiger partial charge on any atom is -0.493 e. The third-order valence-corrected chi connectivity index (χ3v) is 4.49. The van der Waals surface area contributed by atoms with Gasteiger partial charge < -0.3 is 20.1 Å². The molecule has 0 aliphatic rings. The van der Waals surface area contributed by atoms with Gasteiger partial charge in [-0.25, -0.2) is 9.97 Å². The van der Waals surface area contributed by atoms with E-state index in [9.17, 15) is 0 Å². The molecule has 0 saturated carbocycles. The fourth-order valence-corrected chi connectivity index (χ4v) is 3.05. The van der Waals surface area contributed by atoms with Gasteiger partial charge in [-0.05, 0) is 49.6 Å². The van der Waals surface area contributed by atoms with Crippen LogP contribution in [0.15, 0.2) is 42.5 Å². The monoisotopic (exact) mass is 378 g/mol. The Morgan fingerprint density at radius 3 is 2.18 bits per heavy atom. The lowest BCUT2D eigenvalue weighted by Crippen LogP contribution is -2.06. The Balaban J connectivity index is 1.77. The molecule has 2 N–H and O–H groups in total. The Bertz CT molecular complexity index is 952. The van der Waals surface area contributed by atoms with Gasteiger partial charge in [0.1, 0.15) is 17.5 Å². The number of hydrogen-bond donors (Lipinski definition) is 2. The van der Waals surface area contributed by atoms with Crippen molar-refractivity contribution in [3.63, 3.8) is 0 Å². The summed E-state index contributed by atoms with van der Waals surface area (Å²) in [4.78, 5) is 9.01. The van der Waals surface area contributed by atoms with E-state index >= 15 is 0 Å². The van der Waals surface area contributed by atoms with Crippen molar-refractivity contribution in [2.75, 3.05) is 24.9 Å². The number of rotatable bonds is 7. The highest BCUT2D eigenvalue weighted by atomic mass is 16.5. The maximum absolute atomic E-state index is 5.37. The first-order valence-electron chi connectivity index (χ1n) is 9.14. The van der Waals surface area contributed by atoms with Gasteiger partial charge in [-0.15, -0.1) is 0 Å². The number of aromatic nitrogens is 2. The van der Waals surface area contributed by atoms with E-state index < -0.39 is 0 Å². The van der Waals surface area contributed by atoms with Gasteiger partial charge in [-0.2, -0.15) is 0 Å². The van der Waals surface area contributed by atoms with E-state index in [1.165, 1.54) is 11.1 Å². The van der Waals surface area contributed by atoms with Crippen LogP contribution in [0.5, 0.6) is 11.5 Å². The summed E-state index contributed by atoms with van der Waals surface area (Å²) < 4.78 is 10.7. The Morgan fingerprint density at radius 2 is 1.50 bits per heavy atom. The maximum Gasteiger partial charge on any atom is 0.161 e. The number of nitrogens with zero attached hydrogens (tertiary/aromatic N) is 2. The van der Waals surface area contributed by atoms with Crippen LogP contribution >= 0.6 is 0 Å². The summed E-state index contributed by atoms with van der Waals surface area (Å²) in [5.41, 5.74) is 4.50. The van der Waals surface area contributed by atoms with E-state index in [0.717, 1.165) is 22.9 Å². The smallest absolute Gasteiger partial charge is 0.161 e. The third kappa shape index (κ3) is 4.52. The van der Waals surface area contributed by atoms with Crippen molar-refractivity contribution in [2.45, 2.75) is 27.3 Å². The van der Waals surface area contributed by atoms with Crippen molar-refractivity contribution in [2.24, 2.45) is 0 Å². The van der Waals surface area contributed by atoms with Crippen molar-refractivity contribution >= 4 is 17.3 Å². The number of hydrogen-bond acceptors (Lipinski definition) is 6. The van der Waals surface area contributed by atoms with E-state index in [-0.39, 0.29) is 0 Å². The van der Waals surface area contributed by atoms with Crippen molar-refractivity contribution in [3.8, 4) is 11.5 Å². The van der Waals surface area contributed by atoms with Gasteiger partial charge in [0.2, 0.25) is 0 Å². The van der Waals surface area contributed by atoms with E-state index in [4.69, 9.17) is 9.47 Å². The molecular formula is C22H26N4O2. The lowest BCUT2D eigenvalue weighted by molar-refractivity contribution is 0.354. The number of nitrogens with one attached hydrogen (secondary N) is 2. The number of para-hydroxylation sites is 1. The molecule has 0 fully saturated rings.